The highest BCUT2D eigenvalue weighted by Crippen LogP contribution is 2.43. The second-order valence-corrected chi connectivity index (χ2v) is 5.64. The number of thiophene rings is 1. The van der Waals surface area contributed by atoms with Crippen molar-refractivity contribution < 1.29 is 0 Å². The molecule has 66 valence electrons. The van der Waals surface area contributed by atoms with Gasteiger partial charge < -0.3 is 5.73 Å². The van der Waals surface area contributed by atoms with Crippen LogP contribution in [0.15, 0.2) is 10.5 Å². The van der Waals surface area contributed by atoms with Crippen LogP contribution in [-0.4, -0.2) is 0 Å². The van der Waals surface area contributed by atoms with Crippen LogP contribution < -0.4 is 5.73 Å². The van der Waals surface area contributed by atoms with Crippen molar-refractivity contribution in [2.45, 2.75) is 31.7 Å². The Morgan fingerprint density at radius 2 is 2.25 bits per heavy atom. The molecule has 1 aliphatic rings. The Balaban J connectivity index is 2.34. The molecule has 2 N–H and O–H groups in total. The molecule has 12 heavy (non-hydrogen) atoms. The van der Waals surface area contributed by atoms with E-state index in [-0.39, 0.29) is 5.54 Å². The minimum Gasteiger partial charge on any atom is -0.321 e. The summed E-state index contributed by atoms with van der Waals surface area (Å²) >= 11 is 5.34. The Morgan fingerprint density at radius 1 is 1.58 bits per heavy atom. The van der Waals surface area contributed by atoms with Gasteiger partial charge in [-0.1, -0.05) is 0 Å². The second-order valence-electron chi connectivity index (χ2n) is 3.52. The molecule has 1 fully saturated rings. The molecular formula is C9H12BrNS. The summed E-state index contributed by atoms with van der Waals surface area (Å²) in [6, 6.07) is 2.18. The number of hydrogen-bond acceptors (Lipinski definition) is 2. The van der Waals surface area contributed by atoms with Gasteiger partial charge in [-0.3, -0.25) is 0 Å². The highest BCUT2D eigenvalue weighted by molar-refractivity contribution is 9.10. The minimum absolute atomic E-state index is 0.0153. The monoisotopic (exact) mass is 245 g/mol. The molecule has 0 atom stereocenters. The van der Waals surface area contributed by atoms with Crippen LogP contribution in [-0.2, 0) is 5.54 Å². The van der Waals surface area contributed by atoms with E-state index in [2.05, 4.69) is 28.9 Å². The van der Waals surface area contributed by atoms with Crippen LogP contribution in [0, 0.1) is 6.92 Å². The summed E-state index contributed by atoms with van der Waals surface area (Å²) < 4.78 is 1.21. The summed E-state index contributed by atoms with van der Waals surface area (Å²) in [6.07, 6.45) is 3.59. The Bertz CT molecular complexity index is 282. The third-order valence-electron chi connectivity index (χ3n) is 2.59. The maximum atomic E-state index is 6.20. The van der Waals surface area contributed by atoms with E-state index in [0.717, 1.165) is 12.8 Å². The van der Waals surface area contributed by atoms with Crippen LogP contribution >= 0.6 is 27.3 Å². The van der Waals surface area contributed by atoms with Gasteiger partial charge in [-0.15, -0.1) is 11.3 Å². The van der Waals surface area contributed by atoms with Crippen LogP contribution in [0.2, 0.25) is 0 Å². The first-order valence-corrected chi connectivity index (χ1v) is 5.78. The SMILES string of the molecule is Cc1sc(C2(N)CCC2)cc1Br. The summed E-state index contributed by atoms with van der Waals surface area (Å²) in [5, 5.41) is 0. The molecule has 3 heteroatoms. The molecule has 1 aromatic heterocycles. The third kappa shape index (κ3) is 1.24. The Labute approximate surface area is 85.1 Å². The van der Waals surface area contributed by atoms with E-state index in [1.54, 1.807) is 0 Å². The topological polar surface area (TPSA) is 26.0 Å². The van der Waals surface area contributed by atoms with Crippen LogP contribution in [0.25, 0.3) is 0 Å². The fourth-order valence-electron chi connectivity index (χ4n) is 1.51. The lowest BCUT2D eigenvalue weighted by atomic mass is 9.77. The molecule has 0 bridgehead atoms. The highest BCUT2D eigenvalue weighted by Gasteiger charge is 2.35. The number of aryl methyl sites for hydroxylation is 1. The first-order chi connectivity index (χ1) is 5.62. The minimum atomic E-state index is 0.0153. The smallest absolute Gasteiger partial charge is 0.0504 e. The van der Waals surface area contributed by atoms with Crippen molar-refractivity contribution in [1.82, 2.24) is 0 Å². The summed E-state index contributed by atoms with van der Waals surface area (Å²) in [7, 11) is 0. The van der Waals surface area contributed by atoms with Crippen LogP contribution in [0.5, 0.6) is 0 Å². The lowest BCUT2D eigenvalue weighted by Gasteiger charge is -2.37. The van der Waals surface area contributed by atoms with Gasteiger partial charge in [0, 0.05) is 14.2 Å². The van der Waals surface area contributed by atoms with Gasteiger partial charge in [0.1, 0.15) is 0 Å². The van der Waals surface area contributed by atoms with Crippen molar-refractivity contribution in [3.05, 3.63) is 20.3 Å². The Kier molecular flexibility index (Phi) is 2.05. The van der Waals surface area contributed by atoms with E-state index < -0.39 is 0 Å². The Morgan fingerprint density at radius 3 is 2.58 bits per heavy atom. The summed E-state index contributed by atoms with van der Waals surface area (Å²) in [5.74, 6) is 0. The van der Waals surface area contributed by atoms with Crippen molar-refractivity contribution in [3.63, 3.8) is 0 Å². The maximum Gasteiger partial charge on any atom is 0.0504 e. The second kappa shape index (κ2) is 2.82. The molecular weight excluding hydrogens is 234 g/mol. The van der Waals surface area contributed by atoms with Gasteiger partial charge in [0.2, 0.25) is 0 Å². The van der Waals surface area contributed by atoms with Gasteiger partial charge >= 0.3 is 0 Å². The fourth-order valence-corrected chi connectivity index (χ4v) is 3.20. The fraction of sp³-hybridized carbons (Fsp3) is 0.556. The van der Waals surface area contributed by atoms with Gasteiger partial charge in [-0.2, -0.15) is 0 Å². The summed E-state index contributed by atoms with van der Waals surface area (Å²) in [4.78, 5) is 2.68. The number of rotatable bonds is 1. The van der Waals surface area contributed by atoms with Gasteiger partial charge in [0.25, 0.3) is 0 Å². The predicted molar refractivity (Wildman–Crippen MR) is 56.5 cm³/mol. The van der Waals surface area contributed by atoms with Gasteiger partial charge in [0.15, 0.2) is 0 Å². The van der Waals surface area contributed by atoms with E-state index in [1.165, 1.54) is 20.6 Å². The van der Waals surface area contributed by atoms with Crippen LogP contribution in [0.1, 0.15) is 29.0 Å². The first kappa shape index (κ1) is 8.73. The molecule has 0 saturated heterocycles. The van der Waals surface area contributed by atoms with Crippen molar-refractivity contribution in [2.75, 3.05) is 0 Å². The predicted octanol–water partition coefficient (Wildman–Crippen LogP) is 3.16. The molecule has 1 aliphatic carbocycles. The standard InChI is InChI=1S/C9H12BrNS/c1-6-7(10)5-8(12-6)9(11)3-2-4-9/h5H,2-4,11H2,1H3. The zero-order valence-electron chi connectivity index (χ0n) is 7.06. The summed E-state index contributed by atoms with van der Waals surface area (Å²) in [5.41, 5.74) is 6.21. The average Bonchev–Trinajstić information content (AvgIpc) is 2.28. The van der Waals surface area contributed by atoms with Crippen LogP contribution in [0.4, 0.5) is 0 Å². The molecule has 1 heterocycles. The van der Waals surface area contributed by atoms with Crippen molar-refractivity contribution >= 4 is 27.3 Å². The maximum absolute atomic E-state index is 6.20. The molecule has 0 radical (unpaired) electrons. The molecule has 0 spiro atoms. The van der Waals surface area contributed by atoms with E-state index in [9.17, 15) is 0 Å². The van der Waals surface area contributed by atoms with E-state index in [1.807, 2.05) is 11.3 Å². The normalized spacial score (nSPS) is 20.6. The zero-order chi connectivity index (χ0) is 8.77. The molecule has 1 aromatic rings. The first-order valence-electron chi connectivity index (χ1n) is 4.17. The zero-order valence-corrected chi connectivity index (χ0v) is 9.46. The van der Waals surface area contributed by atoms with Crippen LogP contribution in [0.3, 0.4) is 0 Å². The molecule has 2 rings (SSSR count). The number of hydrogen-bond donors (Lipinski definition) is 1. The quantitative estimate of drug-likeness (QED) is 0.809. The highest BCUT2D eigenvalue weighted by atomic mass is 79.9. The average molecular weight is 246 g/mol. The number of halogens is 1. The lowest BCUT2D eigenvalue weighted by Crippen LogP contribution is -2.42. The molecule has 0 aliphatic heterocycles. The van der Waals surface area contributed by atoms with E-state index >= 15 is 0 Å². The third-order valence-corrected chi connectivity index (χ3v) is 4.95. The molecule has 0 aromatic carbocycles. The van der Waals surface area contributed by atoms with Gasteiger partial charge in [-0.25, -0.2) is 0 Å². The lowest BCUT2D eigenvalue weighted by molar-refractivity contribution is 0.259. The molecule has 0 amide bonds. The van der Waals surface area contributed by atoms with E-state index in [4.69, 9.17) is 5.73 Å². The van der Waals surface area contributed by atoms with Crippen molar-refractivity contribution in [2.24, 2.45) is 5.73 Å². The molecule has 1 nitrogen and oxygen atoms in total. The van der Waals surface area contributed by atoms with Gasteiger partial charge in [-0.05, 0) is 48.2 Å². The van der Waals surface area contributed by atoms with Gasteiger partial charge in [0.05, 0.1) is 5.54 Å². The van der Waals surface area contributed by atoms with Crippen molar-refractivity contribution in [1.29, 1.82) is 0 Å². The van der Waals surface area contributed by atoms with E-state index in [0.29, 0.717) is 0 Å². The Hall–Kier alpha value is 0.140. The summed E-state index contributed by atoms with van der Waals surface area (Å²) in [6.45, 7) is 2.13. The molecule has 0 unspecified atom stereocenters. The number of nitrogens with two attached hydrogens (primary N) is 1. The molecule has 1 saturated carbocycles. The largest absolute Gasteiger partial charge is 0.321 e. The van der Waals surface area contributed by atoms with Crippen molar-refractivity contribution in [3.8, 4) is 0 Å².